The quantitative estimate of drug-likeness (QED) is 0.747. The second-order valence-corrected chi connectivity index (χ2v) is 6.96. The molecule has 0 spiro atoms. The molecule has 2 aromatic heterocycles. The number of nitrogens with one attached hydrogen (secondary N) is 1. The molecule has 0 saturated carbocycles. The molecule has 0 bridgehead atoms. The summed E-state index contributed by atoms with van der Waals surface area (Å²) in [6, 6.07) is 9.61. The smallest absolute Gasteiger partial charge is 0.255 e. The molecule has 2 heterocycles. The Bertz CT molecular complexity index is 780. The highest BCUT2D eigenvalue weighted by molar-refractivity contribution is 7.09. The topological polar surface area (TPSA) is 59.8 Å². The first-order chi connectivity index (χ1) is 11.6. The van der Waals surface area contributed by atoms with Crippen molar-refractivity contribution in [3.05, 3.63) is 70.4 Å². The fourth-order valence-corrected chi connectivity index (χ4v) is 3.19. The maximum atomic E-state index is 12.6. The predicted octanol–water partition coefficient (Wildman–Crippen LogP) is 3.52. The monoisotopic (exact) mass is 340 g/mol. The summed E-state index contributed by atoms with van der Waals surface area (Å²) in [5, 5.41) is 10.1. The molecule has 0 fully saturated rings. The zero-order valence-electron chi connectivity index (χ0n) is 13.7. The van der Waals surface area contributed by atoms with Crippen LogP contribution in [-0.2, 0) is 6.54 Å². The molecule has 24 heavy (non-hydrogen) atoms. The molecule has 1 N–H and O–H groups in total. The molecule has 6 heteroatoms. The first-order valence-corrected chi connectivity index (χ1v) is 8.79. The van der Waals surface area contributed by atoms with Crippen LogP contribution in [-0.4, -0.2) is 20.7 Å². The Morgan fingerprint density at radius 2 is 2.08 bits per heavy atom. The number of hydrogen-bond acceptors (Lipinski definition) is 4. The van der Waals surface area contributed by atoms with Crippen LogP contribution in [0, 0.1) is 5.92 Å². The molecule has 0 aliphatic carbocycles. The van der Waals surface area contributed by atoms with Gasteiger partial charge in [-0.1, -0.05) is 44.2 Å². The van der Waals surface area contributed by atoms with E-state index in [1.165, 1.54) is 11.3 Å². The number of hydrogen-bond donors (Lipinski definition) is 1. The van der Waals surface area contributed by atoms with Gasteiger partial charge in [-0.05, 0) is 11.5 Å². The SMILES string of the molecule is CC(C)Cn1cc(C(=O)N[C@H](c2ccccc2)c2nccs2)cn1. The summed E-state index contributed by atoms with van der Waals surface area (Å²) in [5.74, 6) is 0.335. The third-order valence-corrected chi connectivity index (χ3v) is 4.39. The van der Waals surface area contributed by atoms with Gasteiger partial charge in [-0.15, -0.1) is 11.3 Å². The standard InChI is InChI=1S/C18H20N4OS/c1-13(2)11-22-12-15(10-20-22)17(23)21-16(18-19-8-9-24-18)14-6-4-3-5-7-14/h3-10,12-13,16H,11H2,1-2H3,(H,21,23)/t16-/m1/s1. The minimum Gasteiger partial charge on any atom is -0.339 e. The fourth-order valence-electron chi connectivity index (χ4n) is 2.48. The number of rotatable bonds is 6. The molecule has 1 aromatic carbocycles. The van der Waals surface area contributed by atoms with Crippen LogP contribution in [0.15, 0.2) is 54.3 Å². The summed E-state index contributed by atoms with van der Waals surface area (Å²) >= 11 is 1.53. The molecular weight excluding hydrogens is 320 g/mol. The van der Waals surface area contributed by atoms with Crippen LogP contribution in [0.5, 0.6) is 0 Å². The largest absolute Gasteiger partial charge is 0.339 e. The first kappa shape index (κ1) is 16.4. The first-order valence-electron chi connectivity index (χ1n) is 7.91. The summed E-state index contributed by atoms with van der Waals surface area (Å²) in [7, 11) is 0. The second-order valence-electron chi connectivity index (χ2n) is 6.03. The van der Waals surface area contributed by atoms with E-state index in [4.69, 9.17) is 0 Å². The highest BCUT2D eigenvalue weighted by atomic mass is 32.1. The van der Waals surface area contributed by atoms with E-state index in [2.05, 4.69) is 29.2 Å². The van der Waals surface area contributed by atoms with Crippen LogP contribution in [0.2, 0.25) is 0 Å². The van der Waals surface area contributed by atoms with Crippen molar-refractivity contribution < 1.29 is 4.79 Å². The molecule has 0 radical (unpaired) electrons. The van der Waals surface area contributed by atoms with Crippen LogP contribution in [0.4, 0.5) is 0 Å². The molecule has 0 unspecified atom stereocenters. The van der Waals surface area contributed by atoms with E-state index in [0.29, 0.717) is 11.5 Å². The van der Waals surface area contributed by atoms with Crippen LogP contribution in [0.1, 0.15) is 40.8 Å². The molecular formula is C18H20N4OS. The van der Waals surface area contributed by atoms with Gasteiger partial charge in [0.15, 0.2) is 0 Å². The van der Waals surface area contributed by atoms with Gasteiger partial charge in [-0.25, -0.2) is 4.98 Å². The van der Waals surface area contributed by atoms with Gasteiger partial charge in [0.05, 0.1) is 11.8 Å². The van der Waals surface area contributed by atoms with Gasteiger partial charge in [0.2, 0.25) is 0 Å². The molecule has 124 valence electrons. The van der Waals surface area contributed by atoms with Crippen molar-refractivity contribution in [3.63, 3.8) is 0 Å². The van der Waals surface area contributed by atoms with Crippen LogP contribution in [0.3, 0.4) is 0 Å². The maximum absolute atomic E-state index is 12.6. The molecule has 3 aromatic rings. The van der Waals surface area contributed by atoms with E-state index < -0.39 is 0 Å². The Labute approximate surface area is 145 Å². The number of aromatic nitrogens is 3. The summed E-state index contributed by atoms with van der Waals surface area (Å²) in [6.07, 6.45) is 5.16. The van der Waals surface area contributed by atoms with Crippen molar-refractivity contribution in [3.8, 4) is 0 Å². The number of nitrogens with zero attached hydrogens (tertiary/aromatic N) is 3. The van der Waals surface area contributed by atoms with Gasteiger partial charge in [-0.2, -0.15) is 5.10 Å². The lowest BCUT2D eigenvalue weighted by molar-refractivity contribution is 0.0943. The molecule has 3 rings (SSSR count). The van der Waals surface area contributed by atoms with Crippen molar-refractivity contribution in [2.45, 2.75) is 26.4 Å². The summed E-state index contributed by atoms with van der Waals surface area (Å²) < 4.78 is 1.81. The average Bonchev–Trinajstić information content (AvgIpc) is 3.24. The van der Waals surface area contributed by atoms with Crippen LogP contribution in [0.25, 0.3) is 0 Å². The Kier molecular flexibility index (Phi) is 5.05. The fraction of sp³-hybridized carbons (Fsp3) is 0.278. The predicted molar refractivity (Wildman–Crippen MR) is 94.9 cm³/mol. The van der Waals surface area contributed by atoms with Gasteiger partial charge < -0.3 is 5.32 Å². The zero-order chi connectivity index (χ0) is 16.9. The van der Waals surface area contributed by atoms with E-state index in [1.54, 1.807) is 23.3 Å². The third kappa shape index (κ3) is 3.89. The van der Waals surface area contributed by atoms with Gasteiger partial charge in [0.25, 0.3) is 5.91 Å². The van der Waals surface area contributed by atoms with Crippen molar-refractivity contribution in [2.75, 3.05) is 0 Å². The Balaban J connectivity index is 1.80. The Morgan fingerprint density at radius 1 is 1.29 bits per heavy atom. The number of benzene rings is 1. The van der Waals surface area contributed by atoms with Crippen LogP contribution < -0.4 is 5.32 Å². The van der Waals surface area contributed by atoms with E-state index in [9.17, 15) is 4.79 Å². The molecule has 0 aliphatic rings. The van der Waals surface area contributed by atoms with Gasteiger partial charge in [0.1, 0.15) is 11.0 Å². The molecule has 5 nitrogen and oxygen atoms in total. The molecule has 1 atom stereocenters. The number of carbonyl (C=O) groups excluding carboxylic acids is 1. The molecule has 0 aliphatic heterocycles. The summed E-state index contributed by atoms with van der Waals surface area (Å²) in [4.78, 5) is 17.0. The van der Waals surface area contributed by atoms with Gasteiger partial charge in [-0.3, -0.25) is 9.48 Å². The van der Waals surface area contributed by atoms with E-state index >= 15 is 0 Å². The lowest BCUT2D eigenvalue weighted by Crippen LogP contribution is -2.29. The summed E-state index contributed by atoms with van der Waals surface area (Å²) in [6.45, 7) is 5.03. The number of carbonyl (C=O) groups is 1. The Morgan fingerprint density at radius 3 is 2.75 bits per heavy atom. The van der Waals surface area contributed by atoms with Crippen molar-refractivity contribution >= 4 is 17.2 Å². The van der Waals surface area contributed by atoms with E-state index in [0.717, 1.165) is 17.1 Å². The lowest BCUT2D eigenvalue weighted by atomic mass is 10.1. The average molecular weight is 340 g/mol. The van der Waals surface area contributed by atoms with Gasteiger partial charge >= 0.3 is 0 Å². The van der Waals surface area contributed by atoms with Crippen LogP contribution >= 0.6 is 11.3 Å². The highest BCUT2D eigenvalue weighted by Crippen LogP contribution is 2.24. The van der Waals surface area contributed by atoms with Crippen molar-refractivity contribution in [1.82, 2.24) is 20.1 Å². The van der Waals surface area contributed by atoms with Crippen molar-refractivity contribution in [2.24, 2.45) is 5.92 Å². The molecule has 1 amide bonds. The highest BCUT2D eigenvalue weighted by Gasteiger charge is 2.20. The minimum absolute atomic E-state index is 0.144. The summed E-state index contributed by atoms with van der Waals surface area (Å²) in [5.41, 5.74) is 1.57. The normalized spacial score (nSPS) is 12.3. The van der Waals surface area contributed by atoms with E-state index in [1.807, 2.05) is 35.7 Å². The lowest BCUT2D eigenvalue weighted by Gasteiger charge is -2.16. The number of amides is 1. The number of thiazole rings is 1. The Hall–Kier alpha value is -2.47. The zero-order valence-corrected chi connectivity index (χ0v) is 14.5. The second kappa shape index (κ2) is 7.40. The minimum atomic E-state index is -0.257. The maximum Gasteiger partial charge on any atom is 0.255 e. The van der Waals surface area contributed by atoms with Gasteiger partial charge in [0, 0.05) is 24.3 Å². The molecule has 0 saturated heterocycles. The van der Waals surface area contributed by atoms with E-state index in [-0.39, 0.29) is 11.9 Å². The van der Waals surface area contributed by atoms with Crippen molar-refractivity contribution in [1.29, 1.82) is 0 Å². The third-order valence-electron chi connectivity index (χ3n) is 3.55.